The molecule has 0 spiro atoms. The SMILES string of the molecule is O=C(O)c1cc(N2C(=O)c3cccc4c(Br)c([N+](=O)[O-])cc(c34)C2=O)ccc1O. The largest absolute Gasteiger partial charge is 0.507 e. The third-order valence-electron chi connectivity index (χ3n) is 4.61. The number of nitrogens with zero attached hydrogens (tertiary/aromatic N) is 2. The van der Waals surface area contributed by atoms with E-state index in [0.29, 0.717) is 5.39 Å². The molecule has 3 aromatic rings. The molecule has 0 saturated heterocycles. The number of nitro groups is 1. The highest BCUT2D eigenvalue weighted by Crippen LogP contribution is 2.41. The van der Waals surface area contributed by atoms with E-state index in [-0.39, 0.29) is 32.4 Å². The van der Waals surface area contributed by atoms with Gasteiger partial charge in [0, 0.05) is 22.4 Å². The van der Waals surface area contributed by atoms with Gasteiger partial charge in [0.1, 0.15) is 15.8 Å². The zero-order valence-corrected chi connectivity index (χ0v) is 15.8. The highest BCUT2D eigenvalue weighted by molar-refractivity contribution is 9.10. The van der Waals surface area contributed by atoms with E-state index in [2.05, 4.69) is 15.9 Å². The van der Waals surface area contributed by atoms with E-state index in [1.54, 1.807) is 6.07 Å². The average molecular weight is 457 g/mol. The molecule has 2 N–H and O–H groups in total. The summed E-state index contributed by atoms with van der Waals surface area (Å²) < 4.78 is 0.148. The van der Waals surface area contributed by atoms with Crippen molar-refractivity contribution in [3.63, 3.8) is 0 Å². The van der Waals surface area contributed by atoms with Gasteiger partial charge in [0.15, 0.2) is 0 Å². The van der Waals surface area contributed by atoms with Crippen molar-refractivity contribution in [1.82, 2.24) is 0 Å². The molecule has 0 fully saturated rings. The van der Waals surface area contributed by atoms with Crippen molar-refractivity contribution in [3.05, 3.63) is 73.7 Å². The molecule has 2 amide bonds. The van der Waals surface area contributed by atoms with Gasteiger partial charge in [0.25, 0.3) is 17.5 Å². The number of phenols is 1. The van der Waals surface area contributed by atoms with Crippen LogP contribution in [0.15, 0.2) is 46.9 Å². The van der Waals surface area contributed by atoms with Gasteiger partial charge in [-0.15, -0.1) is 0 Å². The lowest BCUT2D eigenvalue weighted by Crippen LogP contribution is -2.40. The Bertz CT molecular complexity index is 1290. The third-order valence-corrected chi connectivity index (χ3v) is 5.44. The fourth-order valence-electron chi connectivity index (χ4n) is 3.32. The summed E-state index contributed by atoms with van der Waals surface area (Å²) in [7, 11) is 0. The van der Waals surface area contributed by atoms with Crippen LogP contribution in [-0.4, -0.2) is 32.9 Å². The quantitative estimate of drug-likeness (QED) is 0.347. The Labute approximate surface area is 170 Å². The van der Waals surface area contributed by atoms with Gasteiger partial charge in [-0.2, -0.15) is 0 Å². The highest BCUT2D eigenvalue weighted by atomic mass is 79.9. The summed E-state index contributed by atoms with van der Waals surface area (Å²) in [4.78, 5) is 49.0. The Balaban J connectivity index is 2.00. The predicted molar refractivity (Wildman–Crippen MR) is 105 cm³/mol. The van der Waals surface area contributed by atoms with Crippen molar-refractivity contribution < 1.29 is 29.5 Å². The number of aromatic carboxylic acids is 1. The normalized spacial score (nSPS) is 13.1. The summed E-state index contributed by atoms with van der Waals surface area (Å²) in [6, 6.07) is 8.90. The van der Waals surface area contributed by atoms with Crippen LogP contribution in [0.4, 0.5) is 11.4 Å². The Hall–Kier alpha value is -3.79. The van der Waals surface area contributed by atoms with E-state index in [9.17, 15) is 34.7 Å². The molecule has 1 aliphatic rings. The van der Waals surface area contributed by atoms with Gasteiger partial charge in [-0.05, 0) is 40.2 Å². The van der Waals surface area contributed by atoms with Crippen LogP contribution in [0, 0.1) is 10.1 Å². The first-order valence-electron chi connectivity index (χ1n) is 8.07. The lowest BCUT2D eigenvalue weighted by molar-refractivity contribution is -0.385. The average Bonchev–Trinajstić information content (AvgIpc) is 2.68. The van der Waals surface area contributed by atoms with Gasteiger partial charge in [0.2, 0.25) is 0 Å². The number of nitro benzene ring substituents is 1. The van der Waals surface area contributed by atoms with Crippen molar-refractivity contribution >= 4 is 55.9 Å². The monoisotopic (exact) mass is 456 g/mol. The Kier molecular flexibility index (Phi) is 4.09. The standard InChI is InChI=1S/C19H9BrN2O7/c20-16-9-2-1-3-10-15(9)12(7-13(16)22(28)29)18(25)21(17(10)24)8-4-5-14(23)11(6-8)19(26)27/h1-7,23H,(H,26,27). The Morgan fingerprint density at radius 3 is 2.41 bits per heavy atom. The van der Waals surface area contributed by atoms with Crippen molar-refractivity contribution in [3.8, 4) is 5.75 Å². The molecule has 0 unspecified atom stereocenters. The number of hydrogen-bond donors (Lipinski definition) is 2. The molecule has 0 aromatic heterocycles. The summed E-state index contributed by atoms with van der Waals surface area (Å²) in [6.45, 7) is 0. The first-order chi connectivity index (χ1) is 13.7. The lowest BCUT2D eigenvalue weighted by Gasteiger charge is -2.27. The highest BCUT2D eigenvalue weighted by Gasteiger charge is 2.37. The maximum atomic E-state index is 13.1. The second-order valence-corrected chi connectivity index (χ2v) is 6.99. The van der Waals surface area contributed by atoms with Crippen LogP contribution >= 0.6 is 15.9 Å². The number of carbonyl (C=O) groups is 3. The lowest BCUT2D eigenvalue weighted by atomic mass is 9.93. The molecule has 9 nitrogen and oxygen atoms in total. The number of hydrogen-bond acceptors (Lipinski definition) is 6. The third kappa shape index (κ3) is 2.64. The first-order valence-corrected chi connectivity index (χ1v) is 8.86. The smallest absolute Gasteiger partial charge is 0.339 e. The van der Waals surface area contributed by atoms with Gasteiger partial charge >= 0.3 is 5.97 Å². The number of carbonyl (C=O) groups excluding carboxylic acids is 2. The van der Waals surface area contributed by atoms with Gasteiger partial charge in [0.05, 0.1) is 16.2 Å². The zero-order valence-electron chi connectivity index (χ0n) is 14.2. The summed E-state index contributed by atoms with van der Waals surface area (Å²) in [6.07, 6.45) is 0. The van der Waals surface area contributed by atoms with E-state index in [1.807, 2.05) is 0 Å². The molecule has 144 valence electrons. The second kappa shape index (κ2) is 6.38. The van der Waals surface area contributed by atoms with Gasteiger partial charge in [-0.25, -0.2) is 9.69 Å². The maximum absolute atomic E-state index is 13.1. The molecule has 0 aliphatic carbocycles. The Morgan fingerprint density at radius 1 is 1.07 bits per heavy atom. The van der Waals surface area contributed by atoms with Crippen molar-refractivity contribution in [1.29, 1.82) is 0 Å². The number of halogens is 1. The number of carboxylic acids is 1. The van der Waals surface area contributed by atoms with Crippen LogP contribution < -0.4 is 4.90 Å². The van der Waals surface area contributed by atoms with Crippen molar-refractivity contribution in [2.45, 2.75) is 0 Å². The summed E-state index contributed by atoms with van der Waals surface area (Å²) in [5.74, 6) is -3.52. The number of anilines is 1. The van der Waals surface area contributed by atoms with Crippen molar-refractivity contribution in [2.75, 3.05) is 4.90 Å². The fourth-order valence-corrected chi connectivity index (χ4v) is 3.91. The van der Waals surface area contributed by atoms with E-state index in [4.69, 9.17) is 0 Å². The molecule has 0 radical (unpaired) electrons. The molecule has 4 rings (SSSR count). The van der Waals surface area contributed by atoms with Crippen LogP contribution in [-0.2, 0) is 0 Å². The molecular weight excluding hydrogens is 448 g/mol. The molecule has 29 heavy (non-hydrogen) atoms. The molecule has 0 atom stereocenters. The van der Waals surface area contributed by atoms with Gasteiger partial charge < -0.3 is 10.2 Å². The topological polar surface area (TPSA) is 138 Å². The Morgan fingerprint density at radius 2 is 1.76 bits per heavy atom. The molecule has 0 saturated carbocycles. The molecule has 1 aliphatic heterocycles. The summed E-state index contributed by atoms with van der Waals surface area (Å²) in [5.41, 5.74) is -0.839. The number of imide groups is 1. The second-order valence-electron chi connectivity index (χ2n) is 6.19. The van der Waals surface area contributed by atoms with E-state index < -0.39 is 34.0 Å². The molecule has 0 bridgehead atoms. The van der Waals surface area contributed by atoms with Crippen molar-refractivity contribution in [2.24, 2.45) is 0 Å². The van der Waals surface area contributed by atoms with Crippen LogP contribution in [0.3, 0.4) is 0 Å². The minimum atomic E-state index is -1.44. The number of aromatic hydroxyl groups is 1. The maximum Gasteiger partial charge on any atom is 0.339 e. The van der Waals surface area contributed by atoms with E-state index in [1.165, 1.54) is 18.2 Å². The first kappa shape index (κ1) is 18.6. The number of benzene rings is 3. The molecule has 3 aromatic carbocycles. The predicted octanol–water partition coefficient (Wildman–Crippen LogP) is 3.71. The van der Waals surface area contributed by atoms with Crippen LogP contribution in [0.1, 0.15) is 31.1 Å². The van der Waals surface area contributed by atoms with E-state index >= 15 is 0 Å². The molecular formula is C19H9BrN2O7. The van der Waals surface area contributed by atoms with Crippen LogP contribution in [0.5, 0.6) is 5.75 Å². The minimum absolute atomic E-state index is 0.0601. The summed E-state index contributed by atoms with van der Waals surface area (Å²) in [5, 5.41) is 30.9. The zero-order chi connectivity index (χ0) is 21.0. The summed E-state index contributed by atoms with van der Waals surface area (Å²) >= 11 is 3.17. The number of rotatable bonds is 3. The molecule has 1 heterocycles. The number of carboxylic acid groups (broad SMARTS) is 1. The van der Waals surface area contributed by atoms with E-state index in [0.717, 1.165) is 23.1 Å². The molecule has 10 heteroatoms. The minimum Gasteiger partial charge on any atom is -0.507 e. The van der Waals surface area contributed by atoms with Crippen LogP contribution in [0.2, 0.25) is 0 Å². The van der Waals surface area contributed by atoms with Crippen LogP contribution in [0.25, 0.3) is 10.8 Å². The number of amides is 2. The van der Waals surface area contributed by atoms with Gasteiger partial charge in [-0.3, -0.25) is 19.7 Å². The fraction of sp³-hybridized carbons (Fsp3) is 0. The van der Waals surface area contributed by atoms with Gasteiger partial charge in [-0.1, -0.05) is 12.1 Å².